The number of aromatic nitrogens is 4. The summed E-state index contributed by atoms with van der Waals surface area (Å²) in [5.41, 5.74) is 9.58. The predicted octanol–water partition coefficient (Wildman–Crippen LogP) is 2.95. The van der Waals surface area contributed by atoms with Crippen molar-refractivity contribution in [1.82, 2.24) is 19.5 Å². The summed E-state index contributed by atoms with van der Waals surface area (Å²) in [5.74, 6) is 0.241. The molecule has 7 heteroatoms. The molecule has 1 aromatic carbocycles. The molecule has 4 N–H and O–H groups in total. The van der Waals surface area contributed by atoms with Crippen molar-refractivity contribution < 1.29 is 10.2 Å². The van der Waals surface area contributed by atoms with Gasteiger partial charge in [-0.15, -0.1) is 0 Å². The van der Waals surface area contributed by atoms with Crippen molar-refractivity contribution in [3.05, 3.63) is 66.3 Å². The van der Waals surface area contributed by atoms with E-state index in [9.17, 15) is 10.2 Å². The topological polar surface area (TPSA) is 110 Å². The normalized spacial score (nSPS) is 24.7. The zero-order valence-corrected chi connectivity index (χ0v) is 16.6. The van der Waals surface area contributed by atoms with Crippen LogP contribution in [0.2, 0.25) is 0 Å². The summed E-state index contributed by atoms with van der Waals surface area (Å²) >= 11 is 0. The van der Waals surface area contributed by atoms with E-state index in [2.05, 4.69) is 21.0 Å². The lowest BCUT2D eigenvalue weighted by atomic mass is 9.94. The van der Waals surface area contributed by atoms with Crippen molar-refractivity contribution in [2.75, 3.05) is 5.73 Å². The van der Waals surface area contributed by atoms with Gasteiger partial charge >= 0.3 is 0 Å². The number of nitrogens with two attached hydrogens (primary N) is 1. The zero-order valence-electron chi connectivity index (χ0n) is 16.6. The lowest BCUT2D eigenvalue weighted by Crippen LogP contribution is -2.29. The largest absolute Gasteiger partial charge is 0.390 e. The van der Waals surface area contributed by atoms with Gasteiger partial charge in [-0.25, -0.2) is 9.97 Å². The monoisotopic (exact) mass is 401 g/mol. The van der Waals surface area contributed by atoms with Gasteiger partial charge in [0, 0.05) is 23.7 Å². The van der Waals surface area contributed by atoms with E-state index >= 15 is 0 Å². The smallest absolute Gasteiger partial charge is 0.145 e. The average molecular weight is 401 g/mol. The van der Waals surface area contributed by atoms with E-state index in [-0.39, 0.29) is 12.0 Å². The maximum absolute atomic E-state index is 10.8. The molecule has 3 aromatic heterocycles. The second kappa shape index (κ2) is 7.19. The van der Waals surface area contributed by atoms with Gasteiger partial charge in [0.1, 0.15) is 23.9 Å². The summed E-state index contributed by atoms with van der Waals surface area (Å²) < 4.78 is 1.90. The Kier molecular flexibility index (Phi) is 4.49. The highest BCUT2D eigenvalue weighted by Crippen LogP contribution is 2.41. The molecular weight excluding hydrogens is 378 g/mol. The Labute approximate surface area is 173 Å². The summed E-state index contributed by atoms with van der Waals surface area (Å²) in [4.78, 5) is 12.8. The Morgan fingerprint density at radius 3 is 2.87 bits per heavy atom. The molecule has 1 aliphatic carbocycles. The Morgan fingerprint density at radius 1 is 1.13 bits per heavy atom. The van der Waals surface area contributed by atoms with Gasteiger partial charge < -0.3 is 20.5 Å². The highest BCUT2D eigenvalue weighted by molar-refractivity contribution is 5.86. The quantitative estimate of drug-likeness (QED) is 0.487. The minimum atomic E-state index is -0.900. The Hall–Kier alpha value is -3.29. The standard InChI is InChI=1S/C23H23N5O2/c1-13(9-14-4-5-15-3-2-7-25-18(15)10-14)17-11-19(21(30)20(17)29)28-8-6-16-22(24)26-12-27-23(16)28/h2-10,12,17,19-21,29-30H,11H2,1H3,(H2,24,26,27)/b13-9+/t17-,19-,20-,21+/m1/s1. The van der Waals surface area contributed by atoms with E-state index in [4.69, 9.17) is 5.73 Å². The number of pyridine rings is 1. The van der Waals surface area contributed by atoms with E-state index in [1.165, 1.54) is 6.33 Å². The molecule has 30 heavy (non-hydrogen) atoms. The average Bonchev–Trinajstić information content (AvgIpc) is 3.30. The molecule has 0 unspecified atom stereocenters. The van der Waals surface area contributed by atoms with Crippen LogP contribution in [0, 0.1) is 5.92 Å². The first-order valence-corrected chi connectivity index (χ1v) is 9.99. The van der Waals surface area contributed by atoms with E-state index in [0.717, 1.165) is 27.4 Å². The highest BCUT2D eigenvalue weighted by Gasteiger charge is 2.43. The molecule has 0 amide bonds. The molecule has 5 rings (SSSR count). The fourth-order valence-electron chi connectivity index (χ4n) is 4.54. The maximum Gasteiger partial charge on any atom is 0.145 e. The first-order valence-electron chi connectivity index (χ1n) is 9.99. The number of nitrogens with zero attached hydrogens (tertiary/aromatic N) is 4. The summed E-state index contributed by atoms with van der Waals surface area (Å²) in [6.45, 7) is 2.00. The van der Waals surface area contributed by atoms with E-state index < -0.39 is 12.2 Å². The lowest BCUT2D eigenvalue weighted by molar-refractivity contribution is 0.0124. The number of hydrogen-bond acceptors (Lipinski definition) is 6. The fourth-order valence-corrected chi connectivity index (χ4v) is 4.54. The second-order valence-electron chi connectivity index (χ2n) is 7.95. The Balaban J connectivity index is 1.46. The molecule has 1 aliphatic rings. The van der Waals surface area contributed by atoms with Gasteiger partial charge in [-0.1, -0.05) is 29.8 Å². The van der Waals surface area contributed by atoms with Gasteiger partial charge in [-0.05, 0) is 37.1 Å². The zero-order chi connectivity index (χ0) is 20.8. The molecule has 0 aliphatic heterocycles. The van der Waals surface area contributed by atoms with E-state index in [1.807, 2.05) is 54.1 Å². The molecule has 1 saturated carbocycles. The molecule has 4 aromatic rings. The molecule has 0 bridgehead atoms. The van der Waals surface area contributed by atoms with Crippen LogP contribution in [0.4, 0.5) is 5.82 Å². The van der Waals surface area contributed by atoms with Crippen molar-refractivity contribution in [3.8, 4) is 0 Å². The van der Waals surface area contributed by atoms with E-state index in [0.29, 0.717) is 17.9 Å². The number of nitrogen functional groups attached to an aromatic ring is 1. The van der Waals surface area contributed by atoms with Crippen LogP contribution >= 0.6 is 0 Å². The van der Waals surface area contributed by atoms with Crippen LogP contribution in [0.3, 0.4) is 0 Å². The number of rotatable bonds is 3. The predicted molar refractivity (Wildman–Crippen MR) is 116 cm³/mol. The third-order valence-corrected chi connectivity index (χ3v) is 6.16. The van der Waals surface area contributed by atoms with Gasteiger partial charge in [-0.3, -0.25) is 4.98 Å². The summed E-state index contributed by atoms with van der Waals surface area (Å²) in [7, 11) is 0. The van der Waals surface area contributed by atoms with E-state index in [1.54, 1.807) is 6.20 Å². The summed E-state index contributed by atoms with van der Waals surface area (Å²) in [6, 6.07) is 11.6. The van der Waals surface area contributed by atoms with Crippen molar-refractivity contribution in [2.24, 2.45) is 5.92 Å². The minimum Gasteiger partial charge on any atom is -0.390 e. The van der Waals surface area contributed by atoms with Crippen molar-refractivity contribution in [1.29, 1.82) is 0 Å². The van der Waals surface area contributed by atoms with Crippen LogP contribution < -0.4 is 5.73 Å². The maximum atomic E-state index is 10.8. The molecule has 7 nitrogen and oxygen atoms in total. The van der Waals surface area contributed by atoms with Gasteiger partial charge in [0.2, 0.25) is 0 Å². The van der Waals surface area contributed by atoms with Crippen LogP contribution in [0.15, 0.2) is 60.7 Å². The Morgan fingerprint density at radius 2 is 2.00 bits per heavy atom. The van der Waals surface area contributed by atoms with Crippen molar-refractivity contribution >= 4 is 33.8 Å². The van der Waals surface area contributed by atoms with Crippen molar-refractivity contribution in [2.45, 2.75) is 31.6 Å². The molecule has 0 radical (unpaired) electrons. The minimum absolute atomic E-state index is 0.166. The molecule has 4 atom stereocenters. The number of fused-ring (bicyclic) bond motifs is 2. The molecular formula is C23H23N5O2. The van der Waals surface area contributed by atoms with Crippen LogP contribution in [0.5, 0.6) is 0 Å². The fraction of sp³-hybridized carbons (Fsp3) is 0.261. The highest BCUT2D eigenvalue weighted by atomic mass is 16.3. The number of hydrogen-bond donors (Lipinski definition) is 3. The summed E-state index contributed by atoms with van der Waals surface area (Å²) in [6.07, 6.45) is 5.96. The van der Waals surface area contributed by atoms with Crippen LogP contribution in [0.25, 0.3) is 28.0 Å². The van der Waals surface area contributed by atoms with Gasteiger partial charge in [0.25, 0.3) is 0 Å². The Bertz CT molecular complexity index is 1260. The first-order chi connectivity index (χ1) is 14.5. The second-order valence-corrected chi connectivity index (χ2v) is 7.95. The van der Waals surface area contributed by atoms with Crippen molar-refractivity contribution in [3.63, 3.8) is 0 Å². The lowest BCUT2D eigenvalue weighted by Gasteiger charge is -2.19. The number of benzene rings is 1. The third-order valence-electron chi connectivity index (χ3n) is 6.16. The third kappa shape index (κ3) is 3.03. The molecule has 0 spiro atoms. The number of aliphatic hydroxyl groups excluding tert-OH is 2. The SMILES string of the molecule is C/C(=C\c1ccc2cccnc2c1)[C@H]1C[C@@H](n2ccc3c(N)ncnc32)[C@H](O)[C@@H]1O. The van der Waals surface area contributed by atoms with Gasteiger partial charge in [0.15, 0.2) is 0 Å². The number of anilines is 1. The molecule has 152 valence electrons. The summed E-state index contributed by atoms with van der Waals surface area (Å²) in [5, 5.41) is 23.4. The molecule has 0 saturated heterocycles. The van der Waals surface area contributed by atoms with Gasteiger partial charge in [0.05, 0.1) is 23.0 Å². The first kappa shape index (κ1) is 18.7. The van der Waals surface area contributed by atoms with Crippen LogP contribution in [-0.2, 0) is 0 Å². The number of aliphatic hydroxyl groups is 2. The van der Waals surface area contributed by atoms with Gasteiger partial charge in [-0.2, -0.15) is 0 Å². The molecule has 3 heterocycles. The molecule has 1 fully saturated rings. The van der Waals surface area contributed by atoms with Crippen LogP contribution in [0.1, 0.15) is 24.9 Å². The van der Waals surface area contributed by atoms with Crippen LogP contribution in [-0.4, -0.2) is 41.9 Å².